The molecule has 2 aromatic rings. The summed E-state index contributed by atoms with van der Waals surface area (Å²) in [6.07, 6.45) is 2.69. The molecule has 24 heavy (non-hydrogen) atoms. The molecule has 3 rings (SSSR count). The molecule has 1 aliphatic heterocycles. The van der Waals surface area contributed by atoms with Gasteiger partial charge in [0.15, 0.2) is 0 Å². The maximum atomic E-state index is 6.17. The van der Waals surface area contributed by atoms with E-state index in [2.05, 4.69) is 81.2 Å². The summed E-state index contributed by atoms with van der Waals surface area (Å²) >= 11 is 0. The molecular formula is C22H29NO. The third-order valence-electron chi connectivity index (χ3n) is 5.23. The Morgan fingerprint density at radius 3 is 2.12 bits per heavy atom. The van der Waals surface area contributed by atoms with Crippen molar-refractivity contribution in [3.05, 3.63) is 65.2 Å². The number of hydrogen-bond donors (Lipinski definition) is 0. The van der Waals surface area contributed by atoms with E-state index in [9.17, 15) is 0 Å². The van der Waals surface area contributed by atoms with Crippen LogP contribution >= 0.6 is 0 Å². The van der Waals surface area contributed by atoms with E-state index in [1.165, 1.54) is 29.7 Å². The van der Waals surface area contributed by atoms with Gasteiger partial charge in [0.05, 0.1) is 0 Å². The third kappa shape index (κ3) is 3.81. The van der Waals surface area contributed by atoms with Gasteiger partial charge >= 0.3 is 0 Å². The Morgan fingerprint density at radius 2 is 1.54 bits per heavy atom. The molecule has 0 saturated carbocycles. The van der Waals surface area contributed by atoms with Crippen LogP contribution in [0, 0.1) is 6.92 Å². The van der Waals surface area contributed by atoms with Gasteiger partial charge in [0.2, 0.25) is 0 Å². The van der Waals surface area contributed by atoms with E-state index in [1.54, 1.807) is 0 Å². The summed E-state index contributed by atoms with van der Waals surface area (Å²) in [5.41, 5.74) is 3.96. The van der Waals surface area contributed by atoms with Crippen molar-refractivity contribution in [1.82, 2.24) is 4.90 Å². The fourth-order valence-electron chi connectivity index (χ4n) is 3.49. The molecule has 0 bridgehead atoms. The lowest BCUT2D eigenvalue weighted by Gasteiger charge is -2.30. The minimum absolute atomic E-state index is 0.00269. The Labute approximate surface area is 146 Å². The van der Waals surface area contributed by atoms with E-state index in [0.717, 1.165) is 18.7 Å². The van der Waals surface area contributed by atoms with Crippen molar-refractivity contribution in [3.8, 4) is 5.75 Å². The molecule has 0 radical (unpaired) electrons. The van der Waals surface area contributed by atoms with Crippen molar-refractivity contribution >= 4 is 0 Å². The first kappa shape index (κ1) is 17.0. The molecule has 1 aliphatic rings. The predicted octanol–water partition coefficient (Wildman–Crippen LogP) is 4.79. The minimum Gasteiger partial charge on any atom is -0.489 e. The number of ether oxygens (including phenoxy) is 1. The summed E-state index contributed by atoms with van der Waals surface area (Å²) in [6, 6.07) is 17.5. The van der Waals surface area contributed by atoms with Crippen LogP contribution in [0.1, 0.15) is 43.4 Å². The number of likely N-dealkylation sites (tertiary alicyclic amines) is 1. The fourth-order valence-corrected chi connectivity index (χ4v) is 3.49. The van der Waals surface area contributed by atoms with E-state index in [4.69, 9.17) is 4.74 Å². The molecule has 0 aromatic heterocycles. The van der Waals surface area contributed by atoms with Crippen LogP contribution in [0.5, 0.6) is 5.75 Å². The quantitative estimate of drug-likeness (QED) is 0.802. The molecule has 1 fully saturated rings. The number of likely N-dealkylation sites (N-methyl/N-ethyl adjacent to an activating group) is 1. The summed E-state index contributed by atoms with van der Waals surface area (Å²) in [7, 11) is 2.17. The van der Waals surface area contributed by atoms with Crippen molar-refractivity contribution in [2.45, 2.75) is 45.1 Å². The highest BCUT2D eigenvalue weighted by atomic mass is 16.5. The van der Waals surface area contributed by atoms with Crippen molar-refractivity contribution in [2.24, 2.45) is 0 Å². The van der Waals surface area contributed by atoms with E-state index < -0.39 is 0 Å². The van der Waals surface area contributed by atoms with Crippen LogP contribution in [-0.4, -0.2) is 31.1 Å². The third-order valence-corrected chi connectivity index (χ3v) is 5.23. The maximum absolute atomic E-state index is 6.17. The van der Waals surface area contributed by atoms with E-state index in [1.807, 2.05) is 0 Å². The van der Waals surface area contributed by atoms with Crippen LogP contribution in [0.15, 0.2) is 48.5 Å². The molecule has 0 aliphatic carbocycles. The second kappa shape index (κ2) is 6.98. The van der Waals surface area contributed by atoms with Gasteiger partial charge < -0.3 is 9.64 Å². The molecule has 1 saturated heterocycles. The monoisotopic (exact) mass is 323 g/mol. The summed E-state index contributed by atoms with van der Waals surface area (Å²) in [6.45, 7) is 8.90. The fraction of sp³-hybridized carbons (Fsp3) is 0.455. The Kier molecular flexibility index (Phi) is 4.96. The number of aryl methyl sites for hydroxylation is 1. The summed E-state index contributed by atoms with van der Waals surface area (Å²) in [5, 5.41) is 0. The first-order valence-corrected chi connectivity index (χ1v) is 8.98. The molecule has 128 valence electrons. The zero-order chi connectivity index (χ0) is 17.2. The van der Waals surface area contributed by atoms with Crippen LogP contribution in [0.3, 0.4) is 0 Å². The van der Waals surface area contributed by atoms with Gasteiger partial charge in [-0.15, -0.1) is 0 Å². The molecule has 1 unspecified atom stereocenters. The molecule has 2 heteroatoms. The molecular weight excluding hydrogens is 294 g/mol. The molecule has 0 amide bonds. The van der Waals surface area contributed by atoms with Crippen LogP contribution < -0.4 is 4.74 Å². The van der Waals surface area contributed by atoms with Crippen molar-refractivity contribution in [2.75, 3.05) is 20.1 Å². The van der Waals surface area contributed by atoms with Gasteiger partial charge in [0.1, 0.15) is 11.9 Å². The Morgan fingerprint density at radius 1 is 0.958 bits per heavy atom. The van der Waals surface area contributed by atoms with E-state index in [0.29, 0.717) is 6.10 Å². The smallest absolute Gasteiger partial charge is 0.119 e. The van der Waals surface area contributed by atoms with Gasteiger partial charge in [0, 0.05) is 12.0 Å². The molecule has 2 nitrogen and oxygen atoms in total. The average molecular weight is 323 g/mol. The van der Waals surface area contributed by atoms with Crippen LogP contribution in [-0.2, 0) is 5.41 Å². The highest BCUT2D eigenvalue weighted by Crippen LogP contribution is 2.32. The Balaban J connectivity index is 1.72. The number of benzene rings is 2. The predicted molar refractivity (Wildman–Crippen MR) is 101 cm³/mol. The number of rotatable bonds is 4. The van der Waals surface area contributed by atoms with Crippen LogP contribution in [0.25, 0.3) is 0 Å². The lowest BCUT2D eigenvalue weighted by Crippen LogP contribution is -2.38. The molecule has 1 atom stereocenters. The van der Waals surface area contributed by atoms with Crippen LogP contribution in [0.2, 0.25) is 0 Å². The molecule has 0 spiro atoms. The van der Waals surface area contributed by atoms with Crippen LogP contribution in [0.4, 0.5) is 0 Å². The molecule has 1 heterocycles. The SMILES string of the molecule is Cc1ccc(C(C)(C)c2ccc(OC3CCCN(C)C3)cc2)cc1. The summed E-state index contributed by atoms with van der Waals surface area (Å²) in [4.78, 5) is 2.35. The average Bonchev–Trinajstić information content (AvgIpc) is 2.56. The van der Waals surface area contributed by atoms with Gasteiger partial charge in [-0.25, -0.2) is 0 Å². The first-order valence-electron chi connectivity index (χ1n) is 8.98. The van der Waals surface area contributed by atoms with Gasteiger partial charge in [-0.3, -0.25) is 0 Å². The second-order valence-electron chi connectivity index (χ2n) is 7.66. The maximum Gasteiger partial charge on any atom is 0.119 e. The topological polar surface area (TPSA) is 12.5 Å². The lowest BCUT2D eigenvalue weighted by atomic mass is 9.78. The standard InChI is InChI=1S/C22H29NO/c1-17-7-9-18(10-8-17)22(2,3)19-11-13-20(14-12-19)24-21-6-5-15-23(4)16-21/h7-14,21H,5-6,15-16H2,1-4H3. The van der Waals surface area contributed by atoms with E-state index in [-0.39, 0.29) is 5.41 Å². The summed E-state index contributed by atoms with van der Waals surface area (Å²) < 4.78 is 6.17. The number of hydrogen-bond acceptors (Lipinski definition) is 2. The Hall–Kier alpha value is -1.80. The molecule has 2 aromatic carbocycles. The van der Waals surface area contributed by atoms with Crippen molar-refractivity contribution in [3.63, 3.8) is 0 Å². The van der Waals surface area contributed by atoms with Gasteiger partial charge in [0.25, 0.3) is 0 Å². The van der Waals surface area contributed by atoms with Gasteiger partial charge in [-0.1, -0.05) is 55.8 Å². The number of piperidine rings is 1. The zero-order valence-electron chi connectivity index (χ0n) is 15.4. The normalized spacial score (nSPS) is 19.2. The largest absolute Gasteiger partial charge is 0.489 e. The molecule has 0 N–H and O–H groups in total. The lowest BCUT2D eigenvalue weighted by molar-refractivity contribution is 0.104. The van der Waals surface area contributed by atoms with E-state index >= 15 is 0 Å². The van der Waals surface area contributed by atoms with Crippen molar-refractivity contribution in [1.29, 1.82) is 0 Å². The zero-order valence-corrected chi connectivity index (χ0v) is 15.4. The van der Waals surface area contributed by atoms with Gasteiger partial charge in [-0.2, -0.15) is 0 Å². The highest BCUT2D eigenvalue weighted by molar-refractivity contribution is 5.40. The van der Waals surface area contributed by atoms with Crippen molar-refractivity contribution < 1.29 is 4.74 Å². The highest BCUT2D eigenvalue weighted by Gasteiger charge is 2.23. The number of nitrogens with zero attached hydrogens (tertiary/aromatic N) is 1. The second-order valence-corrected chi connectivity index (χ2v) is 7.66. The Bertz CT molecular complexity index is 657. The van der Waals surface area contributed by atoms with Gasteiger partial charge in [-0.05, 0) is 56.6 Å². The minimum atomic E-state index is -0.00269. The summed E-state index contributed by atoms with van der Waals surface area (Å²) in [5.74, 6) is 0.985. The first-order chi connectivity index (χ1) is 11.4.